The second-order valence-corrected chi connectivity index (χ2v) is 6.49. The lowest BCUT2D eigenvalue weighted by molar-refractivity contribution is -0.991. The number of nitrogens with one attached hydrogen (secondary N) is 3. The number of anilines is 1. The molecule has 9 nitrogen and oxygen atoms in total. The van der Waals surface area contributed by atoms with Gasteiger partial charge in [0.05, 0.1) is 16.3 Å². The molecule has 1 aliphatic heterocycles. The normalized spacial score (nSPS) is 17.5. The standard InChI is InChI=1S/C20H16N4O5/c1-23-15-9-5-3-7-12(15)18(25)16(20(23)27)17-13(19(26)22-21-17)10-11-6-2-4-8-14(11)24(28)29/h2-10,21,24,28H,1H3,(H,22,26). The zero-order valence-corrected chi connectivity index (χ0v) is 15.2. The van der Waals surface area contributed by atoms with Crippen LogP contribution in [0.1, 0.15) is 15.9 Å². The van der Waals surface area contributed by atoms with E-state index in [1.807, 2.05) is 0 Å². The summed E-state index contributed by atoms with van der Waals surface area (Å²) in [5, 5.41) is 24.7. The number of fused-ring (bicyclic) bond motifs is 1. The van der Waals surface area contributed by atoms with E-state index >= 15 is 0 Å². The number of para-hydroxylation sites is 2. The van der Waals surface area contributed by atoms with Crippen molar-refractivity contribution in [3.63, 3.8) is 0 Å². The van der Waals surface area contributed by atoms with Crippen molar-refractivity contribution in [1.29, 1.82) is 0 Å². The topological polar surface area (TPSA) is 134 Å². The van der Waals surface area contributed by atoms with Crippen molar-refractivity contribution in [1.82, 2.24) is 10.2 Å². The van der Waals surface area contributed by atoms with E-state index in [0.717, 1.165) is 0 Å². The van der Waals surface area contributed by atoms with E-state index in [9.17, 15) is 24.8 Å². The van der Waals surface area contributed by atoms with Gasteiger partial charge < -0.3 is 10.1 Å². The van der Waals surface area contributed by atoms with Crippen LogP contribution in [0.15, 0.2) is 53.3 Å². The number of aromatic amines is 2. The molecule has 1 amide bonds. The number of aromatic nitrogens is 2. The Morgan fingerprint density at radius 2 is 1.72 bits per heavy atom. The Morgan fingerprint density at radius 3 is 2.48 bits per heavy atom. The number of rotatable bonds is 2. The van der Waals surface area contributed by atoms with Gasteiger partial charge in [0, 0.05) is 24.2 Å². The molecule has 29 heavy (non-hydrogen) atoms. The highest BCUT2D eigenvalue weighted by Gasteiger charge is 2.33. The van der Waals surface area contributed by atoms with Crippen molar-refractivity contribution < 1.29 is 20.0 Å². The summed E-state index contributed by atoms with van der Waals surface area (Å²) in [7, 11) is 1.54. The molecule has 0 aliphatic carbocycles. The number of benzene rings is 2. The maximum absolute atomic E-state index is 13.0. The highest BCUT2D eigenvalue weighted by Crippen LogP contribution is 2.28. The number of carbonyl (C=O) groups excluding carboxylic acids is 2. The van der Waals surface area contributed by atoms with Gasteiger partial charge in [0.1, 0.15) is 5.57 Å². The molecule has 1 aliphatic rings. The molecule has 2 heterocycles. The van der Waals surface area contributed by atoms with Gasteiger partial charge in [0.15, 0.2) is 5.69 Å². The van der Waals surface area contributed by atoms with E-state index in [-0.39, 0.29) is 27.4 Å². The third-order valence-corrected chi connectivity index (χ3v) is 4.81. The molecule has 0 saturated carbocycles. The van der Waals surface area contributed by atoms with Crippen molar-refractivity contribution in [3.05, 3.63) is 85.8 Å². The number of hydrogen-bond donors (Lipinski definition) is 4. The lowest BCUT2D eigenvalue weighted by Crippen LogP contribution is -2.99. The van der Waals surface area contributed by atoms with Gasteiger partial charge in [0.2, 0.25) is 5.78 Å². The fourth-order valence-corrected chi connectivity index (χ4v) is 3.36. The molecule has 1 unspecified atom stereocenters. The predicted octanol–water partition coefficient (Wildman–Crippen LogP) is -1.05. The van der Waals surface area contributed by atoms with Crippen molar-refractivity contribution >= 4 is 34.7 Å². The Bertz CT molecular complexity index is 1320. The Hall–Kier alpha value is -3.79. The highest BCUT2D eigenvalue weighted by molar-refractivity contribution is 6.51. The third-order valence-electron chi connectivity index (χ3n) is 4.81. The van der Waals surface area contributed by atoms with Gasteiger partial charge in [-0.15, -0.1) is 0 Å². The molecule has 0 radical (unpaired) electrons. The average molecular weight is 392 g/mol. The Labute approximate surface area is 163 Å². The maximum atomic E-state index is 13.0. The summed E-state index contributed by atoms with van der Waals surface area (Å²) in [5.74, 6) is -1.08. The molecule has 1 aromatic heterocycles. The van der Waals surface area contributed by atoms with Gasteiger partial charge >= 0.3 is 0 Å². The summed E-state index contributed by atoms with van der Waals surface area (Å²) in [5.41, 5.74) is 0.317. The van der Waals surface area contributed by atoms with Crippen LogP contribution in [0.2, 0.25) is 0 Å². The molecule has 1 atom stereocenters. The van der Waals surface area contributed by atoms with E-state index in [4.69, 9.17) is 0 Å². The molecule has 0 fully saturated rings. The molecule has 4 rings (SSSR count). The molecule has 0 bridgehead atoms. The maximum Gasteiger partial charge on any atom is 0.271 e. The monoisotopic (exact) mass is 392 g/mol. The summed E-state index contributed by atoms with van der Waals surface area (Å²) in [6.45, 7) is 0. The van der Waals surface area contributed by atoms with Crippen LogP contribution in [-0.4, -0.2) is 34.1 Å². The third kappa shape index (κ3) is 2.99. The minimum absolute atomic E-state index is 0.00295. The molecule has 4 N–H and O–H groups in total. The van der Waals surface area contributed by atoms with Gasteiger partial charge in [-0.05, 0) is 24.3 Å². The number of quaternary nitrogens is 1. The molecule has 9 heteroatoms. The summed E-state index contributed by atoms with van der Waals surface area (Å²) in [6, 6.07) is 12.8. The quantitative estimate of drug-likeness (QED) is 0.413. The second kappa shape index (κ2) is 6.99. The van der Waals surface area contributed by atoms with Crippen molar-refractivity contribution in [2.45, 2.75) is 0 Å². The fraction of sp³-hybridized carbons (Fsp3) is 0.0500. The van der Waals surface area contributed by atoms with Crippen LogP contribution in [0.4, 0.5) is 11.4 Å². The van der Waals surface area contributed by atoms with E-state index in [1.54, 1.807) is 43.4 Å². The van der Waals surface area contributed by atoms with Gasteiger partial charge in [0.25, 0.3) is 11.5 Å². The Balaban J connectivity index is 2.05. The molecule has 0 saturated heterocycles. The van der Waals surface area contributed by atoms with E-state index in [0.29, 0.717) is 11.3 Å². The summed E-state index contributed by atoms with van der Waals surface area (Å²) >= 11 is 0. The minimum atomic E-state index is -1.16. The zero-order valence-electron chi connectivity index (χ0n) is 15.2. The number of H-pyrrole nitrogens is 2. The van der Waals surface area contributed by atoms with E-state index in [2.05, 4.69) is 10.2 Å². The van der Waals surface area contributed by atoms with Gasteiger partial charge in [-0.25, -0.2) is 5.21 Å². The number of Topliss-reactive ketones (excluding diaryl/α,β-unsaturated/α-hetero) is 1. The number of carbonyl (C=O) groups is 2. The van der Waals surface area contributed by atoms with Crippen molar-refractivity contribution in [2.75, 3.05) is 11.9 Å². The molecular formula is C20H16N4O5. The summed E-state index contributed by atoms with van der Waals surface area (Å²) < 4.78 is 0. The molecular weight excluding hydrogens is 376 g/mol. The van der Waals surface area contributed by atoms with Crippen LogP contribution in [0.25, 0.3) is 11.6 Å². The van der Waals surface area contributed by atoms with Crippen LogP contribution in [-0.2, 0) is 4.79 Å². The van der Waals surface area contributed by atoms with Gasteiger partial charge in [-0.2, -0.15) is 5.23 Å². The van der Waals surface area contributed by atoms with Gasteiger partial charge in [-0.1, -0.05) is 24.3 Å². The van der Waals surface area contributed by atoms with Crippen LogP contribution in [0, 0.1) is 5.21 Å². The first-order valence-electron chi connectivity index (χ1n) is 8.67. The Morgan fingerprint density at radius 1 is 1.03 bits per heavy atom. The predicted molar refractivity (Wildman–Crippen MR) is 104 cm³/mol. The number of nitrogens with zero attached hydrogens (tertiary/aromatic N) is 1. The Kier molecular flexibility index (Phi) is 4.47. The first-order chi connectivity index (χ1) is 13.9. The minimum Gasteiger partial charge on any atom is -0.595 e. The number of hydrogen-bond acceptors (Lipinski definition) is 5. The molecule has 146 valence electrons. The van der Waals surface area contributed by atoms with Crippen LogP contribution < -0.4 is 26.3 Å². The smallest absolute Gasteiger partial charge is 0.271 e. The average Bonchev–Trinajstić information content (AvgIpc) is 3.07. The SMILES string of the molecule is CN1C(=O)C(=c2[nH][nH]c(=O)c2=Cc2ccccc2[NH+]([O-])O)C(=O)c2ccccc21. The largest absolute Gasteiger partial charge is 0.595 e. The fourth-order valence-electron chi connectivity index (χ4n) is 3.36. The number of amides is 1. The van der Waals surface area contributed by atoms with E-state index < -0.39 is 22.5 Å². The van der Waals surface area contributed by atoms with Crippen molar-refractivity contribution in [3.8, 4) is 0 Å². The van der Waals surface area contributed by atoms with Gasteiger partial charge in [-0.3, -0.25) is 24.6 Å². The second-order valence-electron chi connectivity index (χ2n) is 6.49. The molecule has 3 aromatic rings. The summed E-state index contributed by atoms with van der Waals surface area (Å²) in [6.07, 6.45) is 1.35. The lowest BCUT2D eigenvalue weighted by atomic mass is 9.95. The van der Waals surface area contributed by atoms with Crippen LogP contribution in [0.3, 0.4) is 0 Å². The van der Waals surface area contributed by atoms with Crippen LogP contribution >= 0.6 is 0 Å². The summed E-state index contributed by atoms with van der Waals surface area (Å²) in [4.78, 5) is 39.7. The molecule has 0 spiro atoms. The lowest BCUT2D eigenvalue weighted by Gasteiger charge is -2.25. The van der Waals surface area contributed by atoms with E-state index in [1.165, 1.54) is 23.1 Å². The molecule has 2 aromatic carbocycles. The first-order valence-corrected chi connectivity index (χ1v) is 8.67. The van der Waals surface area contributed by atoms with Crippen molar-refractivity contribution in [2.24, 2.45) is 0 Å². The van der Waals surface area contributed by atoms with Crippen LogP contribution in [0.5, 0.6) is 0 Å². The first kappa shape index (κ1) is 18.6. The number of ketones is 1. The highest BCUT2D eigenvalue weighted by atomic mass is 16.8. The zero-order chi connectivity index (χ0) is 20.7.